The molecule has 0 spiro atoms. The lowest BCUT2D eigenvalue weighted by molar-refractivity contribution is -0.121. The van der Waals surface area contributed by atoms with Gasteiger partial charge in [0, 0.05) is 25.6 Å². The number of rotatable bonds is 9. The molecule has 8 heteroatoms. The van der Waals surface area contributed by atoms with Gasteiger partial charge < -0.3 is 5.32 Å². The number of nitrogens with one attached hydrogen (secondary N) is 1. The van der Waals surface area contributed by atoms with Gasteiger partial charge in [0.2, 0.25) is 15.9 Å². The molecule has 0 aliphatic carbocycles. The van der Waals surface area contributed by atoms with E-state index in [9.17, 15) is 13.2 Å². The van der Waals surface area contributed by atoms with Crippen LogP contribution in [0.4, 0.5) is 0 Å². The van der Waals surface area contributed by atoms with Crippen LogP contribution in [0.3, 0.4) is 0 Å². The normalized spacial score (nSPS) is 14.8. The third-order valence-corrected chi connectivity index (χ3v) is 8.83. The van der Waals surface area contributed by atoms with Crippen LogP contribution in [0.5, 0.6) is 0 Å². The van der Waals surface area contributed by atoms with E-state index in [2.05, 4.69) is 34.7 Å². The second-order valence-electron chi connectivity index (χ2n) is 9.13. The average Bonchev–Trinajstić information content (AvgIpc) is 3.16. The zero-order valence-electron chi connectivity index (χ0n) is 20.5. The van der Waals surface area contributed by atoms with Crippen molar-refractivity contribution in [1.29, 1.82) is 0 Å². The summed E-state index contributed by atoms with van der Waals surface area (Å²) in [7, 11) is -3.61. The molecule has 1 saturated heterocycles. The number of carbonyl (C=O) groups excluding carboxylic acids is 1. The Bertz CT molecular complexity index is 1190. The van der Waals surface area contributed by atoms with Crippen LogP contribution in [-0.2, 0) is 21.4 Å². The molecule has 0 atom stereocenters. The van der Waals surface area contributed by atoms with Gasteiger partial charge in [-0.25, -0.2) is 8.42 Å². The molecule has 1 aliphatic rings. The van der Waals surface area contributed by atoms with E-state index >= 15 is 0 Å². The second-order valence-corrected chi connectivity index (χ2v) is 11.0. The number of piperidine rings is 1. The monoisotopic (exact) mass is 494 g/mol. The number of hydrogen-bond acceptors (Lipinski definition) is 4. The lowest BCUT2D eigenvalue weighted by Crippen LogP contribution is -2.36. The Hall–Kier alpha value is -2.97. The first-order valence-corrected chi connectivity index (χ1v) is 13.7. The Kier molecular flexibility index (Phi) is 8.03. The summed E-state index contributed by atoms with van der Waals surface area (Å²) in [6.07, 6.45) is 3.56. The van der Waals surface area contributed by atoms with E-state index < -0.39 is 10.0 Å². The molecule has 1 N–H and O–H groups in total. The van der Waals surface area contributed by atoms with E-state index in [1.165, 1.54) is 15.8 Å². The molecule has 35 heavy (non-hydrogen) atoms. The second kappa shape index (κ2) is 11.2. The maximum Gasteiger partial charge on any atom is 0.246 e. The van der Waals surface area contributed by atoms with Crippen LogP contribution >= 0.6 is 0 Å². The minimum atomic E-state index is -3.61. The predicted molar refractivity (Wildman–Crippen MR) is 137 cm³/mol. The predicted octanol–water partition coefficient (Wildman–Crippen LogP) is 4.01. The molecule has 2 aromatic carbocycles. The lowest BCUT2D eigenvalue weighted by atomic mass is 9.88. The SMILES string of the molecule is Cc1nn(CC(=O)NCCC(c2ccccc2)c2ccccc2)c(C)c1S(=O)(=O)N1CCCCC1. The number of amides is 1. The van der Waals surface area contributed by atoms with Crippen LogP contribution < -0.4 is 5.32 Å². The molecule has 4 rings (SSSR count). The van der Waals surface area contributed by atoms with Gasteiger partial charge in [0.15, 0.2) is 0 Å². The van der Waals surface area contributed by atoms with E-state index in [1.54, 1.807) is 18.2 Å². The van der Waals surface area contributed by atoms with Crippen molar-refractivity contribution in [3.05, 3.63) is 83.2 Å². The van der Waals surface area contributed by atoms with E-state index in [0.717, 1.165) is 25.7 Å². The number of nitrogens with zero attached hydrogens (tertiary/aromatic N) is 3. The fraction of sp³-hybridized carbons (Fsp3) is 0.407. The Morgan fingerprint density at radius 1 is 0.943 bits per heavy atom. The highest BCUT2D eigenvalue weighted by Gasteiger charge is 2.32. The number of aryl methyl sites for hydroxylation is 1. The van der Waals surface area contributed by atoms with Crippen molar-refractivity contribution in [2.45, 2.75) is 56.9 Å². The quantitative estimate of drug-likeness (QED) is 0.487. The van der Waals surface area contributed by atoms with E-state index in [1.807, 2.05) is 36.4 Å². The summed E-state index contributed by atoms with van der Waals surface area (Å²) in [5, 5.41) is 7.40. The van der Waals surface area contributed by atoms with Gasteiger partial charge in [-0.05, 0) is 44.2 Å². The molecule has 1 amide bonds. The third kappa shape index (κ3) is 5.82. The third-order valence-electron chi connectivity index (χ3n) is 6.68. The Morgan fingerprint density at radius 2 is 1.51 bits per heavy atom. The summed E-state index contributed by atoms with van der Waals surface area (Å²) in [5.41, 5.74) is 3.36. The highest BCUT2D eigenvalue weighted by Crippen LogP contribution is 2.28. The van der Waals surface area contributed by atoms with Gasteiger partial charge >= 0.3 is 0 Å². The first-order valence-electron chi connectivity index (χ1n) is 12.3. The minimum absolute atomic E-state index is 0.0104. The van der Waals surface area contributed by atoms with E-state index in [-0.39, 0.29) is 23.3 Å². The molecule has 1 aromatic heterocycles. The maximum absolute atomic E-state index is 13.2. The number of hydrogen-bond donors (Lipinski definition) is 1. The van der Waals surface area contributed by atoms with Crippen molar-refractivity contribution < 1.29 is 13.2 Å². The molecule has 7 nitrogen and oxygen atoms in total. The Morgan fingerprint density at radius 3 is 2.09 bits per heavy atom. The van der Waals surface area contributed by atoms with Crippen molar-refractivity contribution in [3.8, 4) is 0 Å². The van der Waals surface area contributed by atoms with Gasteiger partial charge in [0.1, 0.15) is 11.4 Å². The minimum Gasteiger partial charge on any atom is -0.354 e. The standard InChI is InChI=1S/C27H34N4O3S/c1-21-27(35(33,34)30-18-10-5-11-19-30)22(2)31(29-21)20-26(32)28-17-16-25(23-12-6-3-7-13-23)24-14-8-4-9-15-24/h3-4,6-9,12-15,25H,5,10-11,16-20H2,1-2H3,(H,28,32). The molecule has 0 saturated carbocycles. The van der Waals surface area contributed by atoms with E-state index in [0.29, 0.717) is 31.0 Å². The number of aromatic nitrogens is 2. The largest absolute Gasteiger partial charge is 0.354 e. The highest BCUT2D eigenvalue weighted by molar-refractivity contribution is 7.89. The van der Waals surface area contributed by atoms with Crippen molar-refractivity contribution in [1.82, 2.24) is 19.4 Å². The van der Waals surface area contributed by atoms with Gasteiger partial charge in [-0.2, -0.15) is 9.40 Å². The summed E-state index contributed by atoms with van der Waals surface area (Å²) in [4.78, 5) is 13.0. The molecule has 186 valence electrons. The molecule has 0 radical (unpaired) electrons. The molecule has 0 bridgehead atoms. The van der Waals surface area contributed by atoms with Crippen LogP contribution in [0.2, 0.25) is 0 Å². The maximum atomic E-state index is 13.2. The number of sulfonamides is 1. The first kappa shape index (κ1) is 25.1. The lowest BCUT2D eigenvalue weighted by Gasteiger charge is -2.26. The highest BCUT2D eigenvalue weighted by atomic mass is 32.2. The summed E-state index contributed by atoms with van der Waals surface area (Å²) in [6, 6.07) is 20.6. The van der Waals surface area contributed by atoms with Crippen LogP contribution in [0.25, 0.3) is 0 Å². The zero-order chi connectivity index (χ0) is 24.8. The number of benzene rings is 2. The van der Waals surface area contributed by atoms with Crippen molar-refractivity contribution in [2.24, 2.45) is 0 Å². The van der Waals surface area contributed by atoms with Crippen molar-refractivity contribution in [3.63, 3.8) is 0 Å². The topological polar surface area (TPSA) is 84.3 Å². The van der Waals surface area contributed by atoms with Crippen LogP contribution in [0.1, 0.15) is 54.1 Å². The molecule has 2 heterocycles. The van der Waals surface area contributed by atoms with Gasteiger partial charge in [-0.15, -0.1) is 0 Å². The van der Waals surface area contributed by atoms with Gasteiger partial charge in [-0.1, -0.05) is 67.1 Å². The molecular formula is C27H34N4O3S. The Balaban J connectivity index is 1.41. The van der Waals surface area contributed by atoms with Gasteiger partial charge in [0.05, 0.1) is 11.4 Å². The van der Waals surface area contributed by atoms with Crippen molar-refractivity contribution in [2.75, 3.05) is 19.6 Å². The molecule has 1 fully saturated rings. The molecule has 3 aromatic rings. The van der Waals surface area contributed by atoms with E-state index in [4.69, 9.17) is 0 Å². The van der Waals surface area contributed by atoms with Gasteiger partial charge in [0.25, 0.3) is 0 Å². The van der Waals surface area contributed by atoms with Crippen LogP contribution in [-0.4, -0.2) is 48.0 Å². The molecule has 1 aliphatic heterocycles. The average molecular weight is 495 g/mol. The Labute approximate surface area is 208 Å². The summed E-state index contributed by atoms with van der Waals surface area (Å²) < 4.78 is 29.5. The smallest absolute Gasteiger partial charge is 0.246 e. The fourth-order valence-corrected chi connectivity index (χ4v) is 6.78. The van der Waals surface area contributed by atoms with Crippen molar-refractivity contribution >= 4 is 15.9 Å². The van der Waals surface area contributed by atoms with Crippen LogP contribution in [0.15, 0.2) is 65.6 Å². The van der Waals surface area contributed by atoms with Crippen LogP contribution in [0, 0.1) is 13.8 Å². The fourth-order valence-electron chi connectivity index (χ4n) is 4.89. The summed E-state index contributed by atoms with van der Waals surface area (Å²) in [5.74, 6) is -0.00920. The van der Waals surface area contributed by atoms with Gasteiger partial charge in [-0.3, -0.25) is 9.48 Å². The number of carbonyl (C=O) groups is 1. The molecule has 0 unspecified atom stereocenters. The summed E-state index contributed by atoms with van der Waals surface area (Å²) in [6.45, 7) is 5.00. The summed E-state index contributed by atoms with van der Waals surface area (Å²) >= 11 is 0. The first-order chi connectivity index (χ1) is 16.9. The molecular weight excluding hydrogens is 460 g/mol. The zero-order valence-corrected chi connectivity index (χ0v) is 21.3.